The average Bonchev–Trinajstić information content (AvgIpc) is 2.61. The van der Waals surface area contributed by atoms with Crippen molar-refractivity contribution in [3.8, 4) is 0 Å². The molecule has 0 unspecified atom stereocenters. The van der Waals surface area contributed by atoms with E-state index >= 15 is 0 Å². The Balaban J connectivity index is 1.64. The maximum atomic E-state index is 12.9. The van der Waals surface area contributed by atoms with Crippen LogP contribution in [-0.2, 0) is 12.0 Å². The highest BCUT2D eigenvalue weighted by molar-refractivity contribution is 5.57. The standard InChI is InChI=1S/C21H23FN4/c1-21(2,3)16-6-10-18(11-7-16)25-19-12-13-23-20(26-19)24-14-15-4-8-17(22)9-5-15/h4-13H,14H2,1-3H3,(H2,23,24,25,26). The lowest BCUT2D eigenvalue weighted by molar-refractivity contribution is 0.590. The summed E-state index contributed by atoms with van der Waals surface area (Å²) in [5.41, 5.74) is 3.35. The lowest BCUT2D eigenvalue weighted by atomic mass is 9.87. The molecule has 4 nitrogen and oxygen atoms in total. The fourth-order valence-corrected chi connectivity index (χ4v) is 2.50. The van der Waals surface area contributed by atoms with Crippen molar-refractivity contribution in [3.05, 3.63) is 77.7 Å². The van der Waals surface area contributed by atoms with E-state index in [2.05, 4.69) is 53.5 Å². The third kappa shape index (κ3) is 4.79. The summed E-state index contributed by atoms with van der Waals surface area (Å²) in [6.07, 6.45) is 1.70. The number of hydrogen-bond acceptors (Lipinski definition) is 4. The number of benzene rings is 2. The molecule has 0 saturated heterocycles. The van der Waals surface area contributed by atoms with E-state index < -0.39 is 0 Å². The third-order valence-electron chi connectivity index (χ3n) is 4.04. The van der Waals surface area contributed by atoms with E-state index in [0.717, 1.165) is 11.3 Å². The van der Waals surface area contributed by atoms with Gasteiger partial charge >= 0.3 is 0 Å². The molecule has 0 atom stereocenters. The minimum absolute atomic E-state index is 0.130. The molecule has 0 amide bonds. The molecule has 2 N–H and O–H groups in total. The van der Waals surface area contributed by atoms with Crippen molar-refractivity contribution in [2.45, 2.75) is 32.7 Å². The van der Waals surface area contributed by atoms with Crippen molar-refractivity contribution >= 4 is 17.5 Å². The summed E-state index contributed by atoms with van der Waals surface area (Å²) in [5.74, 6) is 0.990. The maximum Gasteiger partial charge on any atom is 0.224 e. The van der Waals surface area contributed by atoms with Gasteiger partial charge in [-0.2, -0.15) is 4.98 Å². The smallest absolute Gasteiger partial charge is 0.224 e. The lowest BCUT2D eigenvalue weighted by Gasteiger charge is -2.19. The van der Waals surface area contributed by atoms with Crippen LogP contribution in [0.25, 0.3) is 0 Å². The monoisotopic (exact) mass is 350 g/mol. The molecule has 0 spiro atoms. The molecule has 1 heterocycles. The van der Waals surface area contributed by atoms with Crippen LogP contribution >= 0.6 is 0 Å². The van der Waals surface area contributed by atoms with E-state index in [1.807, 2.05) is 18.2 Å². The normalized spacial score (nSPS) is 11.2. The van der Waals surface area contributed by atoms with Gasteiger partial charge in [0.05, 0.1) is 0 Å². The van der Waals surface area contributed by atoms with Gasteiger partial charge in [-0.3, -0.25) is 0 Å². The van der Waals surface area contributed by atoms with Crippen LogP contribution in [-0.4, -0.2) is 9.97 Å². The van der Waals surface area contributed by atoms with Crippen molar-refractivity contribution < 1.29 is 4.39 Å². The number of aromatic nitrogens is 2. The van der Waals surface area contributed by atoms with E-state index in [1.54, 1.807) is 18.3 Å². The number of nitrogens with one attached hydrogen (secondary N) is 2. The number of halogens is 1. The summed E-state index contributed by atoms with van der Waals surface area (Å²) in [7, 11) is 0. The average molecular weight is 350 g/mol. The second-order valence-electron chi connectivity index (χ2n) is 7.20. The van der Waals surface area contributed by atoms with Gasteiger partial charge < -0.3 is 10.6 Å². The highest BCUT2D eigenvalue weighted by Gasteiger charge is 2.12. The molecular formula is C21H23FN4. The molecule has 3 aromatic rings. The summed E-state index contributed by atoms with van der Waals surface area (Å²) in [4.78, 5) is 8.69. The van der Waals surface area contributed by atoms with Gasteiger partial charge in [0.25, 0.3) is 0 Å². The van der Waals surface area contributed by atoms with Crippen LogP contribution in [0.5, 0.6) is 0 Å². The summed E-state index contributed by atoms with van der Waals surface area (Å²) in [6, 6.07) is 16.5. The van der Waals surface area contributed by atoms with Gasteiger partial charge in [-0.05, 0) is 46.9 Å². The molecule has 0 radical (unpaired) electrons. The molecule has 0 fully saturated rings. The molecule has 1 aromatic heterocycles. The molecule has 0 aliphatic carbocycles. The second kappa shape index (κ2) is 7.52. The fourth-order valence-electron chi connectivity index (χ4n) is 2.50. The molecule has 26 heavy (non-hydrogen) atoms. The molecule has 2 aromatic carbocycles. The van der Waals surface area contributed by atoms with Crippen LogP contribution in [0.15, 0.2) is 60.8 Å². The molecule has 0 saturated carbocycles. The number of rotatable bonds is 5. The minimum Gasteiger partial charge on any atom is -0.350 e. The molecule has 134 valence electrons. The first-order valence-electron chi connectivity index (χ1n) is 8.59. The molecule has 0 bridgehead atoms. The Labute approximate surface area is 153 Å². The predicted octanol–water partition coefficient (Wildman–Crippen LogP) is 5.27. The van der Waals surface area contributed by atoms with Crippen LogP contribution in [0.1, 0.15) is 31.9 Å². The Bertz CT molecular complexity index is 852. The fraction of sp³-hybridized carbons (Fsp3) is 0.238. The summed E-state index contributed by atoms with van der Waals surface area (Å²) >= 11 is 0. The molecular weight excluding hydrogens is 327 g/mol. The van der Waals surface area contributed by atoms with E-state index in [0.29, 0.717) is 18.3 Å². The predicted molar refractivity (Wildman–Crippen MR) is 104 cm³/mol. The third-order valence-corrected chi connectivity index (χ3v) is 4.04. The summed E-state index contributed by atoms with van der Waals surface area (Å²) < 4.78 is 12.9. The highest BCUT2D eigenvalue weighted by Crippen LogP contribution is 2.24. The first-order chi connectivity index (χ1) is 12.4. The highest BCUT2D eigenvalue weighted by atomic mass is 19.1. The zero-order valence-electron chi connectivity index (χ0n) is 15.3. The van der Waals surface area contributed by atoms with E-state index in [-0.39, 0.29) is 11.2 Å². The Hall–Kier alpha value is -2.95. The minimum atomic E-state index is -0.242. The Morgan fingerprint density at radius 2 is 1.62 bits per heavy atom. The van der Waals surface area contributed by atoms with Crippen molar-refractivity contribution in [2.75, 3.05) is 10.6 Å². The molecule has 5 heteroatoms. The van der Waals surface area contributed by atoms with Crippen LogP contribution in [0.4, 0.5) is 21.8 Å². The van der Waals surface area contributed by atoms with Gasteiger partial charge in [-0.1, -0.05) is 45.0 Å². The van der Waals surface area contributed by atoms with E-state index in [1.165, 1.54) is 17.7 Å². The number of hydrogen-bond donors (Lipinski definition) is 2. The summed E-state index contributed by atoms with van der Waals surface area (Å²) in [6.45, 7) is 7.11. The Morgan fingerprint density at radius 1 is 0.923 bits per heavy atom. The molecule has 0 aliphatic rings. The first kappa shape index (κ1) is 17.9. The SMILES string of the molecule is CC(C)(C)c1ccc(Nc2ccnc(NCc3ccc(F)cc3)n2)cc1. The molecule has 3 rings (SSSR count). The Kier molecular flexibility index (Phi) is 5.16. The maximum absolute atomic E-state index is 12.9. The largest absolute Gasteiger partial charge is 0.350 e. The van der Waals surface area contributed by atoms with Gasteiger partial charge in [0, 0.05) is 18.4 Å². The van der Waals surface area contributed by atoms with Crippen molar-refractivity contribution in [1.29, 1.82) is 0 Å². The van der Waals surface area contributed by atoms with Gasteiger partial charge in [0.15, 0.2) is 0 Å². The van der Waals surface area contributed by atoms with Gasteiger partial charge in [-0.15, -0.1) is 0 Å². The second-order valence-corrected chi connectivity index (χ2v) is 7.20. The molecule has 0 aliphatic heterocycles. The van der Waals surface area contributed by atoms with Gasteiger partial charge in [0.2, 0.25) is 5.95 Å². The topological polar surface area (TPSA) is 49.8 Å². The van der Waals surface area contributed by atoms with Crippen LogP contribution < -0.4 is 10.6 Å². The first-order valence-corrected chi connectivity index (χ1v) is 8.59. The quantitative estimate of drug-likeness (QED) is 0.658. The van der Waals surface area contributed by atoms with Crippen LogP contribution in [0, 0.1) is 5.82 Å². The zero-order chi connectivity index (χ0) is 18.6. The number of nitrogens with zero attached hydrogens (tertiary/aromatic N) is 2. The lowest BCUT2D eigenvalue weighted by Crippen LogP contribution is -2.10. The van der Waals surface area contributed by atoms with Gasteiger partial charge in [-0.25, -0.2) is 9.37 Å². The number of anilines is 3. The Morgan fingerprint density at radius 3 is 2.27 bits per heavy atom. The van der Waals surface area contributed by atoms with Crippen LogP contribution in [0.2, 0.25) is 0 Å². The zero-order valence-corrected chi connectivity index (χ0v) is 15.3. The van der Waals surface area contributed by atoms with E-state index in [4.69, 9.17) is 0 Å². The van der Waals surface area contributed by atoms with Crippen molar-refractivity contribution in [2.24, 2.45) is 0 Å². The van der Waals surface area contributed by atoms with E-state index in [9.17, 15) is 4.39 Å². The van der Waals surface area contributed by atoms with Crippen LogP contribution in [0.3, 0.4) is 0 Å². The van der Waals surface area contributed by atoms with Crippen molar-refractivity contribution in [1.82, 2.24) is 9.97 Å². The summed E-state index contributed by atoms with van der Waals surface area (Å²) in [5, 5.41) is 6.44. The van der Waals surface area contributed by atoms with Crippen molar-refractivity contribution in [3.63, 3.8) is 0 Å². The van der Waals surface area contributed by atoms with Gasteiger partial charge in [0.1, 0.15) is 11.6 Å².